The number of aryl methyl sites for hydroxylation is 1. The van der Waals surface area contributed by atoms with Crippen LogP contribution in [0.25, 0.3) is 0 Å². The first kappa shape index (κ1) is 11.1. The first-order valence-corrected chi connectivity index (χ1v) is 5.86. The second-order valence-electron chi connectivity index (χ2n) is 3.11. The molecular weight excluding hydrogens is 204 g/mol. The zero-order valence-corrected chi connectivity index (χ0v) is 9.11. The zero-order valence-electron chi connectivity index (χ0n) is 8.29. The standard InChI is InChI=1S/C7H14N4O2S/c1-10(2)14(12,13)5-3-4-11-7-8-6-9-11/h6-7H,3-5H2,1-2H3. The molecule has 1 aromatic heterocycles. The van der Waals surface area contributed by atoms with Crippen molar-refractivity contribution in [3.05, 3.63) is 12.7 Å². The van der Waals surface area contributed by atoms with Gasteiger partial charge in [0.2, 0.25) is 10.0 Å². The highest BCUT2D eigenvalue weighted by molar-refractivity contribution is 7.89. The predicted octanol–water partition coefficient (Wildman–Crippen LogP) is -0.440. The van der Waals surface area contributed by atoms with Crippen LogP contribution in [0.1, 0.15) is 6.42 Å². The molecule has 1 rings (SSSR count). The Kier molecular flexibility index (Phi) is 3.59. The maximum absolute atomic E-state index is 11.3. The van der Waals surface area contributed by atoms with Crippen molar-refractivity contribution >= 4 is 10.0 Å². The van der Waals surface area contributed by atoms with Gasteiger partial charge in [-0.1, -0.05) is 0 Å². The minimum atomic E-state index is -3.08. The van der Waals surface area contributed by atoms with E-state index in [4.69, 9.17) is 0 Å². The lowest BCUT2D eigenvalue weighted by atomic mass is 10.5. The quantitative estimate of drug-likeness (QED) is 0.672. The maximum Gasteiger partial charge on any atom is 0.213 e. The lowest BCUT2D eigenvalue weighted by molar-refractivity contribution is 0.511. The fourth-order valence-corrected chi connectivity index (χ4v) is 1.80. The number of hydrogen-bond acceptors (Lipinski definition) is 4. The third-order valence-electron chi connectivity index (χ3n) is 1.81. The highest BCUT2D eigenvalue weighted by Crippen LogP contribution is 1.98. The minimum absolute atomic E-state index is 0.139. The summed E-state index contributed by atoms with van der Waals surface area (Å²) in [6, 6.07) is 0. The van der Waals surface area contributed by atoms with Gasteiger partial charge in [0.05, 0.1) is 5.75 Å². The normalized spacial score (nSPS) is 12.2. The Morgan fingerprint density at radius 2 is 2.14 bits per heavy atom. The van der Waals surface area contributed by atoms with Crippen LogP contribution < -0.4 is 0 Å². The Balaban J connectivity index is 2.36. The average Bonchev–Trinajstić information content (AvgIpc) is 2.56. The van der Waals surface area contributed by atoms with E-state index in [1.165, 1.54) is 24.7 Å². The molecule has 1 heterocycles. The Labute approximate surface area is 83.6 Å². The Bertz CT molecular complexity index is 357. The molecule has 0 saturated heterocycles. The number of sulfonamides is 1. The molecule has 0 radical (unpaired) electrons. The van der Waals surface area contributed by atoms with Crippen LogP contribution in [-0.2, 0) is 16.6 Å². The molecule has 0 aromatic carbocycles. The van der Waals surface area contributed by atoms with E-state index >= 15 is 0 Å². The van der Waals surface area contributed by atoms with Gasteiger partial charge in [0.1, 0.15) is 12.7 Å². The van der Waals surface area contributed by atoms with Crippen LogP contribution in [0, 0.1) is 0 Å². The summed E-state index contributed by atoms with van der Waals surface area (Å²) in [6.45, 7) is 0.576. The van der Waals surface area contributed by atoms with Crippen LogP contribution in [0.2, 0.25) is 0 Å². The van der Waals surface area contributed by atoms with E-state index in [2.05, 4.69) is 10.1 Å². The van der Waals surface area contributed by atoms with Crippen LogP contribution >= 0.6 is 0 Å². The number of nitrogens with zero attached hydrogens (tertiary/aromatic N) is 4. The molecule has 0 aliphatic heterocycles. The molecule has 0 fully saturated rings. The Morgan fingerprint density at radius 1 is 1.43 bits per heavy atom. The first-order valence-electron chi connectivity index (χ1n) is 4.25. The van der Waals surface area contributed by atoms with Gasteiger partial charge in [0, 0.05) is 20.6 Å². The van der Waals surface area contributed by atoms with E-state index in [-0.39, 0.29) is 5.75 Å². The lowest BCUT2D eigenvalue weighted by Crippen LogP contribution is -2.25. The lowest BCUT2D eigenvalue weighted by Gasteiger charge is -2.10. The summed E-state index contributed by atoms with van der Waals surface area (Å²) in [5.74, 6) is 0.139. The smallest absolute Gasteiger partial charge is 0.213 e. The molecule has 0 saturated carbocycles. The molecule has 0 amide bonds. The van der Waals surface area contributed by atoms with E-state index in [1.54, 1.807) is 11.0 Å². The van der Waals surface area contributed by atoms with Gasteiger partial charge < -0.3 is 0 Å². The summed E-state index contributed by atoms with van der Waals surface area (Å²) in [7, 11) is -0.0145. The second kappa shape index (κ2) is 4.52. The fraction of sp³-hybridized carbons (Fsp3) is 0.714. The second-order valence-corrected chi connectivity index (χ2v) is 5.41. The molecule has 0 aliphatic carbocycles. The summed E-state index contributed by atoms with van der Waals surface area (Å²) >= 11 is 0. The van der Waals surface area contributed by atoms with Crippen molar-refractivity contribution in [1.82, 2.24) is 19.1 Å². The highest BCUT2D eigenvalue weighted by Gasteiger charge is 2.12. The van der Waals surface area contributed by atoms with Gasteiger partial charge in [-0.3, -0.25) is 4.68 Å². The molecule has 0 unspecified atom stereocenters. The SMILES string of the molecule is CN(C)S(=O)(=O)CCCn1cncn1. The molecular formula is C7H14N4O2S. The third-order valence-corrected chi connectivity index (χ3v) is 3.73. The monoisotopic (exact) mass is 218 g/mol. The van der Waals surface area contributed by atoms with E-state index in [9.17, 15) is 8.42 Å². The van der Waals surface area contributed by atoms with Crippen molar-refractivity contribution in [2.75, 3.05) is 19.8 Å². The Morgan fingerprint density at radius 3 is 2.64 bits per heavy atom. The number of hydrogen-bond donors (Lipinski definition) is 0. The van der Waals surface area contributed by atoms with Crippen molar-refractivity contribution < 1.29 is 8.42 Å². The molecule has 6 nitrogen and oxygen atoms in total. The molecule has 7 heteroatoms. The van der Waals surface area contributed by atoms with Crippen molar-refractivity contribution in [2.24, 2.45) is 0 Å². The van der Waals surface area contributed by atoms with Crippen molar-refractivity contribution in [3.8, 4) is 0 Å². The topological polar surface area (TPSA) is 68.1 Å². The van der Waals surface area contributed by atoms with Gasteiger partial charge in [-0.2, -0.15) is 5.10 Å². The summed E-state index contributed by atoms with van der Waals surface area (Å²) < 4.78 is 25.5. The number of rotatable bonds is 5. The van der Waals surface area contributed by atoms with Crippen molar-refractivity contribution in [1.29, 1.82) is 0 Å². The molecule has 1 aromatic rings. The summed E-state index contributed by atoms with van der Waals surface area (Å²) in [4.78, 5) is 3.76. The van der Waals surface area contributed by atoms with Crippen LogP contribution in [0.3, 0.4) is 0 Å². The van der Waals surface area contributed by atoms with E-state index < -0.39 is 10.0 Å². The summed E-state index contributed by atoms with van der Waals surface area (Å²) in [6.07, 6.45) is 3.55. The van der Waals surface area contributed by atoms with Gasteiger partial charge in [0.15, 0.2) is 0 Å². The molecule has 14 heavy (non-hydrogen) atoms. The largest absolute Gasteiger partial charge is 0.253 e. The van der Waals surface area contributed by atoms with E-state index in [1.807, 2.05) is 0 Å². The van der Waals surface area contributed by atoms with Crippen LogP contribution in [-0.4, -0.2) is 47.3 Å². The van der Waals surface area contributed by atoms with Gasteiger partial charge in [0.25, 0.3) is 0 Å². The summed E-state index contributed by atoms with van der Waals surface area (Å²) in [5.41, 5.74) is 0. The third kappa shape index (κ3) is 3.08. The van der Waals surface area contributed by atoms with Gasteiger partial charge >= 0.3 is 0 Å². The van der Waals surface area contributed by atoms with Crippen LogP contribution in [0.5, 0.6) is 0 Å². The highest BCUT2D eigenvalue weighted by atomic mass is 32.2. The minimum Gasteiger partial charge on any atom is -0.253 e. The van der Waals surface area contributed by atoms with E-state index in [0.29, 0.717) is 13.0 Å². The van der Waals surface area contributed by atoms with Gasteiger partial charge in [-0.05, 0) is 6.42 Å². The average molecular weight is 218 g/mol. The first-order chi connectivity index (χ1) is 6.52. The van der Waals surface area contributed by atoms with Crippen LogP contribution in [0.4, 0.5) is 0 Å². The van der Waals surface area contributed by atoms with Crippen molar-refractivity contribution in [2.45, 2.75) is 13.0 Å². The van der Waals surface area contributed by atoms with Crippen LogP contribution in [0.15, 0.2) is 12.7 Å². The molecule has 0 bridgehead atoms. The maximum atomic E-state index is 11.3. The predicted molar refractivity (Wildman–Crippen MR) is 52.1 cm³/mol. The molecule has 0 atom stereocenters. The zero-order chi connectivity index (χ0) is 10.6. The fourth-order valence-electron chi connectivity index (χ4n) is 0.940. The molecule has 80 valence electrons. The molecule has 0 N–H and O–H groups in total. The number of aromatic nitrogens is 3. The Hall–Kier alpha value is -0.950. The molecule has 0 spiro atoms. The van der Waals surface area contributed by atoms with Gasteiger partial charge in [-0.15, -0.1) is 0 Å². The molecule has 0 aliphatic rings. The summed E-state index contributed by atoms with van der Waals surface area (Å²) in [5, 5.41) is 3.88. The van der Waals surface area contributed by atoms with Crippen molar-refractivity contribution in [3.63, 3.8) is 0 Å². The van der Waals surface area contributed by atoms with E-state index in [0.717, 1.165) is 0 Å². The van der Waals surface area contributed by atoms with Gasteiger partial charge in [-0.25, -0.2) is 17.7 Å².